The Labute approximate surface area is 146 Å². The molecule has 0 unspecified atom stereocenters. The first kappa shape index (κ1) is 17.8. The van der Waals surface area contributed by atoms with Crippen LogP contribution in [0.25, 0.3) is 0 Å². The number of amides is 1. The molecule has 1 aromatic heterocycles. The first-order chi connectivity index (χ1) is 11.9. The van der Waals surface area contributed by atoms with Gasteiger partial charge in [-0.15, -0.1) is 10.2 Å². The first-order valence-corrected chi connectivity index (χ1v) is 9.86. The average Bonchev–Trinajstić information content (AvgIpc) is 3.31. The lowest BCUT2D eigenvalue weighted by Crippen LogP contribution is -2.19. The zero-order chi connectivity index (χ0) is 18.0. The molecule has 3 rings (SSSR count). The van der Waals surface area contributed by atoms with Crippen LogP contribution in [0.3, 0.4) is 0 Å². The number of sulfone groups is 1. The van der Waals surface area contributed by atoms with Gasteiger partial charge in [0.1, 0.15) is 6.33 Å². The largest absolute Gasteiger partial charge is 0.341 e. The predicted octanol–water partition coefficient (Wildman–Crippen LogP) is 2.34. The van der Waals surface area contributed by atoms with Crippen molar-refractivity contribution in [3.63, 3.8) is 0 Å². The van der Waals surface area contributed by atoms with Crippen molar-refractivity contribution < 1.29 is 22.0 Å². The van der Waals surface area contributed by atoms with E-state index in [1.165, 1.54) is 18.2 Å². The van der Waals surface area contributed by atoms with Crippen molar-refractivity contribution in [2.45, 2.75) is 34.7 Å². The molecule has 1 amide bonds. The molecular formula is C14H14F2N4O3S2. The number of benzene rings is 1. The highest BCUT2D eigenvalue weighted by molar-refractivity contribution is 7.99. The SMILES string of the molecule is O=C(CSc1nncn1C1CC1)Nc1ccccc1S(=O)(=O)C(F)F. The quantitative estimate of drug-likeness (QED) is 0.732. The smallest absolute Gasteiger partial charge is 0.324 e. The van der Waals surface area contributed by atoms with E-state index in [1.54, 1.807) is 6.33 Å². The molecule has 11 heteroatoms. The Kier molecular flexibility index (Phi) is 5.04. The summed E-state index contributed by atoms with van der Waals surface area (Å²) in [7, 11) is -4.80. The summed E-state index contributed by atoms with van der Waals surface area (Å²) in [5.41, 5.74) is -0.169. The summed E-state index contributed by atoms with van der Waals surface area (Å²) in [6.45, 7) is 0. The van der Waals surface area contributed by atoms with Crippen molar-refractivity contribution in [3.8, 4) is 0 Å². The van der Waals surface area contributed by atoms with Crippen LogP contribution in [0.1, 0.15) is 18.9 Å². The molecule has 1 aromatic carbocycles. The molecule has 1 aliphatic carbocycles. The number of nitrogens with zero attached hydrogens (tertiary/aromatic N) is 3. The van der Waals surface area contributed by atoms with Gasteiger partial charge in [0.25, 0.3) is 0 Å². The van der Waals surface area contributed by atoms with E-state index in [4.69, 9.17) is 0 Å². The standard InChI is InChI=1S/C14H14F2N4O3S2/c15-13(16)25(22,23)11-4-2-1-3-10(11)18-12(21)7-24-14-19-17-8-20(14)9-5-6-9/h1-4,8-9,13H,5-7H2,(H,18,21). The predicted molar refractivity (Wildman–Crippen MR) is 87.3 cm³/mol. The molecule has 1 heterocycles. The van der Waals surface area contributed by atoms with Gasteiger partial charge >= 0.3 is 5.76 Å². The Hall–Kier alpha value is -2.01. The summed E-state index contributed by atoms with van der Waals surface area (Å²) in [5.74, 6) is -4.13. The summed E-state index contributed by atoms with van der Waals surface area (Å²) >= 11 is 1.15. The maximum absolute atomic E-state index is 12.8. The summed E-state index contributed by atoms with van der Waals surface area (Å²) in [4.78, 5) is 11.5. The topological polar surface area (TPSA) is 93.9 Å². The normalized spacial score (nSPS) is 14.7. The third kappa shape index (κ3) is 3.98. The molecule has 0 bridgehead atoms. The van der Waals surface area contributed by atoms with Crippen molar-refractivity contribution in [3.05, 3.63) is 30.6 Å². The number of thioether (sulfide) groups is 1. The molecule has 2 aromatic rings. The maximum atomic E-state index is 12.8. The lowest BCUT2D eigenvalue weighted by Gasteiger charge is -2.11. The number of alkyl halides is 2. The van der Waals surface area contributed by atoms with Gasteiger partial charge in [0.05, 0.1) is 16.3 Å². The van der Waals surface area contributed by atoms with Crippen LogP contribution in [0.15, 0.2) is 40.6 Å². The van der Waals surface area contributed by atoms with Gasteiger partial charge in [-0.25, -0.2) is 8.42 Å². The Morgan fingerprint density at radius 3 is 2.76 bits per heavy atom. The number of rotatable bonds is 7. The lowest BCUT2D eigenvalue weighted by molar-refractivity contribution is -0.113. The average molecular weight is 388 g/mol. The maximum Gasteiger partial charge on any atom is 0.341 e. The van der Waals surface area contributed by atoms with Crippen molar-refractivity contribution in [1.29, 1.82) is 0 Å². The number of carbonyl (C=O) groups excluding carboxylic acids is 1. The number of hydrogen-bond acceptors (Lipinski definition) is 6. The van der Waals surface area contributed by atoms with E-state index in [9.17, 15) is 22.0 Å². The molecule has 0 saturated heterocycles. The first-order valence-electron chi connectivity index (χ1n) is 7.33. The van der Waals surface area contributed by atoms with Crippen molar-refractivity contribution in [1.82, 2.24) is 14.8 Å². The van der Waals surface area contributed by atoms with E-state index in [0.717, 1.165) is 30.7 Å². The monoisotopic (exact) mass is 388 g/mol. The number of halogens is 2. The molecular weight excluding hydrogens is 374 g/mol. The van der Waals surface area contributed by atoms with Crippen LogP contribution in [0, 0.1) is 0 Å². The van der Waals surface area contributed by atoms with E-state index in [-0.39, 0.29) is 11.4 Å². The molecule has 134 valence electrons. The summed E-state index contributed by atoms with van der Waals surface area (Å²) in [5, 5.41) is 10.7. The molecule has 0 spiro atoms. The minimum Gasteiger partial charge on any atom is -0.324 e. The van der Waals surface area contributed by atoms with Gasteiger partial charge in [-0.05, 0) is 25.0 Å². The molecule has 0 aliphatic heterocycles. The number of anilines is 1. The zero-order valence-electron chi connectivity index (χ0n) is 12.8. The second-order valence-electron chi connectivity index (χ2n) is 5.39. The molecule has 0 atom stereocenters. The highest BCUT2D eigenvalue weighted by atomic mass is 32.2. The molecule has 0 radical (unpaired) electrons. The van der Waals surface area contributed by atoms with Crippen LogP contribution in [-0.4, -0.2) is 40.6 Å². The minimum absolute atomic E-state index is 0.0471. The van der Waals surface area contributed by atoms with Crippen molar-refractivity contribution >= 4 is 33.2 Å². The number of carbonyl (C=O) groups is 1. The number of nitrogens with one attached hydrogen (secondary N) is 1. The molecule has 1 aliphatic rings. The second kappa shape index (κ2) is 7.08. The summed E-state index contributed by atoms with van der Waals surface area (Å²) < 4.78 is 50.7. The third-order valence-corrected chi connectivity index (χ3v) is 5.91. The Morgan fingerprint density at radius 1 is 1.36 bits per heavy atom. The van der Waals surface area contributed by atoms with Crippen LogP contribution in [0.5, 0.6) is 0 Å². The van der Waals surface area contributed by atoms with E-state index < -0.39 is 26.4 Å². The summed E-state index contributed by atoms with van der Waals surface area (Å²) in [6.07, 6.45) is 3.68. The Balaban J connectivity index is 1.68. The highest BCUT2D eigenvalue weighted by Crippen LogP contribution is 2.37. The minimum atomic E-state index is -4.80. The molecule has 1 saturated carbocycles. The third-order valence-electron chi connectivity index (χ3n) is 3.52. The highest BCUT2D eigenvalue weighted by Gasteiger charge is 2.30. The van der Waals surface area contributed by atoms with Crippen LogP contribution < -0.4 is 5.32 Å². The summed E-state index contributed by atoms with van der Waals surface area (Å²) in [6, 6.07) is 5.44. The van der Waals surface area contributed by atoms with Gasteiger partial charge in [0.15, 0.2) is 5.16 Å². The van der Waals surface area contributed by atoms with Crippen LogP contribution in [0.2, 0.25) is 0 Å². The van der Waals surface area contributed by atoms with Gasteiger partial charge in [0.2, 0.25) is 15.7 Å². The Morgan fingerprint density at radius 2 is 2.08 bits per heavy atom. The Bertz CT molecular complexity index is 882. The van der Waals surface area contributed by atoms with Gasteiger partial charge in [-0.3, -0.25) is 4.79 Å². The molecule has 1 N–H and O–H groups in total. The fourth-order valence-corrected chi connectivity index (χ4v) is 3.84. The van der Waals surface area contributed by atoms with E-state index in [2.05, 4.69) is 15.5 Å². The van der Waals surface area contributed by atoms with Crippen LogP contribution in [0.4, 0.5) is 14.5 Å². The molecule has 25 heavy (non-hydrogen) atoms. The van der Waals surface area contributed by atoms with Crippen molar-refractivity contribution in [2.75, 3.05) is 11.1 Å². The van der Waals surface area contributed by atoms with Crippen LogP contribution in [-0.2, 0) is 14.6 Å². The zero-order valence-corrected chi connectivity index (χ0v) is 14.4. The van der Waals surface area contributed by atoms with Crippen LogP contribution >= 0.6 is 11.8 Å². The fourth-order valence-electron chi connectivity index (χ4n) is 2.17. The molecule has 1 fully saturated rings. The van der Waals surface area contributed by atoms with Gasteiger partial charge < -0.3 is 9.88 Å². The molecule has 7 nitrogen and oxygen atoms in total. The van der Waals surface area contributed by atoms with Gasteiger partial charge in [-0.2, -0.15) is 8.78 Å². The second-order valence-corrected chi connectivity index (χ2v) is 8.22. The van der Waals surface area contributed by atoms with E-state index in [1.807, 2.05) is 4.57 Å². The van der Waals surface area contributed by atoms with Crippen molar-refractivity contribution in [2.24, 2.45) is 0 Å². The fraction of sp³-hybridized carbons (Fsp3) is 0.357. The van der Waals surface area contributed by atoms with Gasteiger partial charge in [0, 0.05) is 6.04 Å². The number of hydrogen-bond donors (Lipinski definition) is 1. The van der Waals surface area contributed by atoms with E-state index in [0.29, 0.717) is 11.2 Å². The number of para-hydroxylation sites is 1. The lowest BCUT2D eigenvalue weighted by atomic mass is 10.3. The van der Waals surface area contributed by atoms with E-state index >= 15 is 0 Å². The van der Waals surface area contributed by atoms with Gasteiger partial charge in [-0.1, -0.05) is 23.9 Å². The number of aromatic nitrogens is 3.